The predicted molar refractivity (Wildman–Crippen MR) is 120 cm³/mol. The van der Waals surface area contributed by atoms with Crippen molar-refractivity contribution in [3.05, 3.63) is 54.1 Å². The highest BCUT2D eigenvalue weighted by Gasteiger charge is 2.33. The summed E-state index contributed by atoms with van der Waals surface area (Å²) in [5.74, 6) is 0. The molecular weight excluding hydrogens is 453 g/mol. The lowest BCUT2D eigenvalue weighted by Crippen LogP contribution is -2.49. The lowest BCUT2D eigenvalue weighted by atomic mass is 10.00. The van der Waals surface area contributed by atoms with E-state index in [4.69, 9.17) is 4.74 Å². The molecule has 0 saturated carbocycles. The highest BCUT2D eigenvalue weighted by Crippen LogP contribution is 2.33. The van der Waals surface area contributed by atoms with E-state index in [0.717, 1.165) is 50.9 Å². The fourth-order valence-electron chi connectivity index (χ4n) is 4.77. The van der Waals surface area contributed by atoms with Gasteiger partial charge in [0.05, 0.1) is 16.6 Å². The Morgan fingerprint density at radius 1 is 0.879 bits per heavy atom. The van der Waals surface area contributed by atoms with Crippen molar-refractivity contribution >= 4 is 10.0 Å². The summed E-state index contributed by atoms with van der Waals surface area (Å²) in [4.78, 5) is 2.61. The van der Waals surface area contributed by atoms with E-state index < -0.39 is 21.8 Å². The van der Waals surface area contributed by atoms with Gasteiger partial charge in [0.2, 0.25) is 10.0 Å². The number of alkyl halides is 3. The van der Waals surface area contributed by atoms with Crippen molar-refractivity contribution < 1.29 is 26.3 Å². The number of ether oxygens (including phenoxy) is 1. The summed E-state index contributed by atoms with van der Waals surface area (Å²) < 4.78 is 72.2. The van der Waals surface area contributed by atoms with Gasteiger partial charge in [0.25, 0.3) is 0 Å². The molecule has 0 aromatic heterocycles. The van der Waals surface area contributed by atoms with Crippen LogP contribution < -0.4 is 0 Å². The van der Waals surface area contributed by atoms with Crippen LogP contribution in [0.1, 0.15) is 31.2 Å². The van der Waals surface area contributed by atoms with Crippen LogP contribution in [0.5, 0.6) is 0 Å². The Hall–Kier alpha value is -1.94. The van der Waals surface area contributed by atoms with Crippen molar-refractivity contribution in [3.63, 3.8) is 0 Å². The van der Waals surface area contributed by atoms with E-state index in [9.17, 15) is 21.6 Å². The van der Waals surface area contributed by atoms with Crippen molar-refractivity contribution in [3.8, 4) is 11.1 Å². The van der Waals surface area contributed by atoms with Gasteiger partial charge in [0.15, 0.2) is 0 Å². The minimum absolute atomic E-state index is 0.164. The van der Waals surface area contributed by atoms with Crippen molar-refractivity contribution in [2.75, 3.05) is 33.3 Å². The van der Waals surface area contributed by atoms with Crippen LogP contribution in [-0.4, -0.2) is 63.1 Å². The number of likely N-dealkylation sites (tertiary alicyclic amines) is 1. The molecule has 180 valence electrons. The van der Waals surface area contributed by atoms with Gasteiger partial charge in [-0.05, 0) is 61.1 Å². The molecule has 2 aliphatic rings. The number of hydrogen-bond donors (Lipinski definition) is 0. The maximum atomic E-state index is 13.1. The number of nitrogens with zero attached hydrogens (tertiary/aromatic N) is 2. The average molecular weight is 483 g/mol. The first-order valence-corrected chi connectivity index (χ1v) is 12.7. The quantitative estimate of drug-likeness (QED) is 0.623. The molecule has 2 saturated heterocycles. The molecule has 0 bridgehead atoms. The summed E-state index contributed by atoms with van der Waals surface area (Å²) in [7, 11) is -1.90. The molecule has 2 aromatic carbocycles. The smallest absolute Gasteiger partial charge is 0.381 e. The standard InChI is InChI=1S/C24H29F3N2O3S/c1-32-22-11-13-28(14-12-22)21-9-15-29(16-10-21)33(30,31)23-7-5-18(6-8-23)19-3-2-4-20(17-19)24(25,26)27/h2-8,17,21-22H,9-16H2,1H3. The Labute approximate surface area is 193 Å². The lowest BCUT2D eigenvalue weighted by molar-refractivity contribution is -0.137. The first-order valence-electron chi connectivity index (χ1n) is 11.2. The number of benzene rings is 2. The molecule has 0 unspecified atom stereocenters. The topological polar surface area (TPSA) is 49.9 Å². The Morgan fingerprint density at radius 2 is 1.52 bits per heavy atom. The fraction of sp³-hybridized carbons (Fsp3) is 0.500. The zero-order valence-electron chi connectivity index (χ0n) is 18.6. The second-order valence-corrected chi connectivity index (χ2v) is 10.6. The molecule has 2 aromatic rings. The van der Waals surface area contributed by atoms with Gasteiger partial charge >= 0.3 is 6.18 Å². The van der Waals surface area contributed by atoms with Crippen LogP contribution >= 0.6 is 0 Å². The molecule has 9 heteroatoms. The number of rotatable bonds is 5. The monoisotopic (exact) mass is 482 g/mol. The van der Waals surface area contributed by atoms with Gasteiger partial charge in [0.1, 0.15) is 0 Å². The number of piperidine rings is 2. The van der Waals surface area contributed by atoms with Crippen LogP contribution in [-0.2, 0) is 20.9 Å². The van der Waals surface area contributed by atoms with Crippen LogP contribution in [0.25, 0.3) is 11.1 Å². The number of sulfonamides is 1. The molecule has 0 N–H and O–H groups in total. The molecule has 2 aliphatic heterocycles. The molecule has 0 radical (unpaired) electrons. The summed E-state index contributed by atoms with van der Waals surface area (Å²) >= 11 is 0. The van der Waals surface area contributed by atoms with E-state index >= 15 is 0 Å². The van der Waals surface area contributed by atoms with E-state index in [1.807, 2.05) is 0 Å². The van der Waals surface area contributed by atoms with Crippen LogP contribution in [0.15, 0.2) is 53.4 Å². The Bertz CT molecular complexity index is 1040. The largest absolute Gasteiger partial charge is 0.416 e. The zero-order chi connectivity index (χ0) is 23.6. The van der Waals surface area contributed by atoms with Gasteiger partial charge in [-0.25, -0.2) is 8.42 Å². The molecule has 2 fully saturated rings. The summed E-state index contributed by atoms with van der Waals surface area (Å²) in [6.45, 7) is 2.89. The number of hydrogen-bond acceptors (Lipinski definition) is 4. The summed E-state index contributed by atoms with van der Waals surface area (Å²) in [6, 6.07) is 11.5. The van der Waals surface area contributed by atoms with Crippen molar-refractivity contribution in [1.29, 1.82) is 0 Å². The Kier molecular flexibility index (Phi) is 7.14. The molecule has 5 nitrogen and oxygen atoms in total. The Balaban J connectivity index is 1.40. The molecule has 0 aliphatic carbocycles. The summed E-state index contributed by atoms with van der Waals surface area (Å²) in [6.07, 6.45) is -0.509. The van der Waals surface area contributed by atoms with Crippen LogP contribution in [0, 0.1) is 0 Å². The highest BCUT2D eigenvalue weighted by atomic mass is 32.2. The van der Waals surface area contributed by atoms with Gasteiger partial charge in [-0.1, -0.05) is 24.3 Å². The third-order valence-corrected chi connectivity index (χ3v) is 8.68. The SMILES string of the molecule is COC1CCN(C2CCN(S(=O)(=O)c3ccc(-c4cccc(C(F)(F)F)c4)cc3)CC2)CC1. The average Bonchev–Trinajstić information content (AvgIpc) is 2.84. The molecule has 0 atom stereocenters. The van der Waals surface area contributed by atoms with Crippen molar-refractivity contribution in [1.82, 2.24) is 9.21 Å². The van der Waals surface area contributed by atoms with E-state index in [1.165, 1.54) is 22.5 Å². The van der Waals surface area contributed by atoms with E-state index in [-0.39, 0.29) is 4.90 Å². The highest BCUT2D eigenvalue weighted by molar-refractivity contribution is 7.89. The third-order valence-electron chi connectivity index (χ3n) is 6.77. The van der Waals surface area contributed by atoms with Gasteiger partial charge < -0.3 is 9.64 Å². The van der Waals surface area contributed by atoms with Crippen LogP contribution in [0.3, 0.4) is 0 Å². The van der Waals surface area contributed by atoms with Gasteiger partial charge in [-0.3, -0.25) is 0 Å². The molecule has 0 amide bonds. The summed E-state index contributed by atoms with van der Waals surface area (Å²) in [5.41, 5.74) is 0.205. The molecule has 33 heavy (non-hydrogen) atoms. The fourth-order valence-corrected chi connectivity index (χ4v) is 6.24. The minimum Gasteiger partial charge on any atom is -0.381 e. The van der Waals surface area contributed by atoms with Crippen LogP contribution in [0.4, 0.5) is 13.2 Å². The second kappa shape index (κ2) is 9.74. The molecule has 2 heterocycles. The van der Waals surface area contributed by atoms with Crippen molar-refractivity contribution in [2.24, 2.45) is 0 Å². The van der Waals surface area contributed by atoms with E-state index in [0.29, 0.717) is 36.4 Å². The lowest BCUT2D eigenvalue weighted by Gasteiger charge is -2.41. The zero-order valence-corrected chi connectivity index (χ0v) is 19.4. The predicted octanol–water partition coefficient (Wildman–Crippen LogP) is 4.64. The maximum Gasteiger partial charge on any atom is 0.416 e. The number of halogens is 3. The Morgan fingerprint density at radius 3 is 2.09 bits per heavy atom. The third kappa shape index (κ3) is 5.42. The number of methoxy groups -OCH3 is 1. The first-order chi connectivity index (χ1) is 15.7. The van der Waals surface area contributed by atoms with Gasteiger partial charge in [-0.15, -0.1) is 0 Å². The molecular formula is C24H29F3N2O3S. The van der Waals surface area contributed by atoms with Crippen molar-refractivity contribution in [2.45, 2.75) is 48.9 Å². The molecule has 4 rings (SSSR count). The van der Waals surface area contributed by atoms with Crippen LogP contribution in [0.2, 0.25) is 0 Å². The normalized spacial score (nSPS) is 20.2. The second-order valence-electron chi connectivity index (χ2n) is 8.71. The van der Waals surface area contributed by atoms with E-state index in [2.05, 4.69) is 4.90 Å². The first kappa shape index (κ1) is 24.2. The maximum absolute atomic E-state index is 13.1. The van der Waals surface area contributed by atoms with E-state index in [1.54, 1.807) is 25.3 Å². The minimum atomic E-state index is -4.43. The van der Waals surface area contributed by atoms with Gasteiger partial charge in [0, 0.05) is 39.3 Å². The molecule has 0 spiro atoms. The van der Waals surface area contributed by atoms with Gasteiger partial charge in [-0.2, -0.15) is 17.5 Å². The summed E-state index contributed by atoms with van der Waals surface area (Å²) in [5, 5.41) is 0.